The minimum Gasteiger partial charge on any atom is -0.371 e. The number of amides is 1. The maximum atomic E-state index is 12.5. The van der Waals surface area contributed by atoms with Crippen molar-refractivity contribution in [2.75, 3.05) is 19.6 Å². The fourth-order valence-corrected chi connectivity index (χ4v) is 4.70. The summed E-state index contributed by atoms with van der Waals surface area (Å²) in [5.74, 6) is 2.80. The molecular weight excluding hydrogens is 286 g/mol. The molecule has 130 valence electrons. The first kappa shape index (κ1) is 16.8. The van der Waals surface area contributed by atoms with Crippen LogP contribution in [0.5, 0.6) is 0 Å². The molecule has 2 atom stereocenters. The predicted octanol–water partition coefficient (Wildman–Crippen LogP) is 3.37. The molecule has 1 heterocycles. The minimum atomic E-state index is 0.221. The first-order chi connectivity index (χ1) is 11.2. The van der Waals surface area contributed by atoms with Crippen molar-refractivity contribution >= 4 is 11.7 Å². The van der Waals surface area contributed by atoms with E-state index >= 15 is 0 Å². The second kappa shape index (κ2) is 8.16. The average molecular weight is 319 g/mol. The van der Waals surface area contributed by atoms with Crippen molar-refractivity contribution < 1.29 is 4.79 Å². The maximum Gasteiger partial charge on any atom is 0.244 e. The summed E-state index contributed by atoms with van der Waals surface area (Å²) < 4.78 is 0. The molecule has 2 saturated carbocycles. The summed E-state index contributed by atoms with van der Waals surface area (Å²) in [6.07, 6.45) is 13.2. The van der Waals surface area contributed by atoms with Crippen molar-refractivity contribution in [1.82, 2.24) is 10.2 Å². The van der Waals surface area contributed by atoms with E-state index in [0.29, 0.717) is 12.6 Å². The van der Waals surface area contributed by atoms with Gasteiger partial charge in [0.1, 0.15) is 6.54 Å². The van der Waals surface area contributed by atoms with Crippen LogP contribution in [0.1, 0.15) is 71.1 Å². The van der Waals surface area contributed by atoms with Gasteiger partial charge in [-0.3, -0.25) is 9.79 Å². The molecule has 3 aliphatic rings. The molecule has 0 aromatic carbocycles. The van der Waals surface area contributed by atoms with Gasteiger partial charge in [-0.25, -0.2) is 0 Å². The fourth-order valence-electron chi connectivity index (χ4n) is 4.70. The molecule has 0 aromatic rings. The lowest BCUT2D eigenvalue weighted by molar-refractivity contribution is -0.132. The van der Waals surface area contributed by atoms with Crippen LogP contribution in [0.15, 0.2) is 4.99 Å². The molecule has 4 heteroatoms. The highest BCUT2D eigenvalue weighted by Crippen LogP contribution is 2.35. The van der Waals surface area contributed by atoms with E-state index in [1.165, 1.54) is 64.2 Å². The zero-order valence-corrected chi connectivity index (χ0v) is 14.7. The Morgan fingerprint density at radius 2 is 1.70 bits per heavy atom. The van der Waals surface area contributed by atoms with Crippen molar-refractivity contribution in [3.05, 3.63) is 0 Å². The molecule has 0 radical (unpaired) electrons. The number of aliphatic imine (C=N–C) groups is 1. The van der Waals surface area contributed by atoms with Crippen LogP contribution in [0.25, 0.3) is 0 Å². The normalized spacial score (nSPS) is 30.0. The van der Waals surface area contributed by atoms with Crippen LogP contribution in [-0.4, -0.2) is 42.3 Å². The van der Waals surface area contributed by atoms with Gasteiger partial charge in [-0.2, -0.15) is 0 Å². The first-order valence-electron chi connectivity index (χ1n) is 9.78. The molecule has 4 nitrogen and oxygen atoms in total. The number of rotatable bonds is 3. The summed E-state index contributed by atoms with van der Waals surface area (Å²) >= 11 is 0. The molecule has 0 aromatic heterocycles. The maximum absolute atomic E-state index is 12.5. The average Bonchev–Trinajstić information content (AvgIpc) is 2.60. The van der Waals surface area contributed by atoms with Gasteiger partial charge in [0.05, 0.1) is 5.84 Å². The number of hydrogen-bond donors (Lipinski definition) is 1. The van der Waals surface area contributed by atoms with Gasteiger partial charge in [0.2, 0.25) is 5.91 Å². The van der Waals surface area contributed by atoms with Crippen LogP contribution in [-0.2, 0) is 4.79 Å². The monoisotopic (exact) mass is 319 g/mol. The standard InChI is InChI=1S/C19H33N3O/c1-15(21-18-9-3-2-4-10-18)20-13-19(23)22-12-11-16-7-5-6-8-17(16)14-22/h16-18H,2-14H2,1H3,(H,20,21). The summed E-state index contributed by atoms with van der Waals surface area (Å²) in [7, 11) is 0. The summed E-state index contributed by atoms with van der Waals surface area (Å²) in [6.45, 7) is 4.26. The second-order valence-corrected chi connectivity index (χ2v) is 7.81. The molecule has 1 saturated heterocycles. The molecular formula is C19H33N3O. The van der Waals surface area contributed by atoms with Crippen molar-refractivity contribution in [2.24, 2.45) is 16.8 Å². The zero-order chi connectivity index (χ0) is 16.1. The Morgan fingerprint density at radius 3 is 2.48 bits per heavy atom. The van der Waals surface area contributed by atoms with E-state index in [1.54, 1.807) is 0 Å². The molecule has 0 bridgehead atoms. The highest BCUT2D eigenvalue weighted by Gasteiger charge is 2.32. The predicted molar refractivity (Wildman–Crippen MR) is 94.6 cm³/mol. The van der Waals surface area contributed by atoms with Crippen LogP contribution in [0.3, 0.4) is 0 Å². The van der Waals surface area contributed by atoms with E-state index in [0.717, 1.165) is 30.8 Å². The van der Waals surface area contributed by atoms with Crippen molar-refractivity contribution in [1.29, 1.82) is 0 Å². The Labute approximate surface area is 141 Å². The van der Waals surface area contributed by atoms with E-state index in [2.05, 4.69) is 15.2 Å². The lowest BCUT2D eigenvalue weighted by atomic mass is 9.75. The van der Waals surface area contributed by atoms with Crippen molar-refractivity contribution in [3.8, 4) is 0 Å². The Hall–Kier alpha value is -1.06. The molecule has 3 fully saturated rings. The molecule has 1 N–H and O–H groups in total. The van der Waals surface area contributed by atoms with E-state index < -0.39 is 0 Å². The van der Waals surface area contributed by atoms with Gasteiger partial charge < -0.3 is 10.2 Å². The third-order valence-corrected chi connectivity index (χ3v) is 6.11. The van der Waals surface area contributed by atoms with E-state index in [4.69, 9.17) is 0 Å². The third kappa shape index (κ3) is 4.71. The molecule has 0 spiro atoms. The number of carbonyl (C=O) groups excluding carboxylic acids is 1. The van der Waals surface area contributed by atoms with E-state index in [-0.39, 0.29) is 5.91 Å². The number of amidine groups is 1. The fraction of sp³-hybridized carbons (Fsp3) is 0.895. The van der Waals surface area contributed by atoms with E-state index in [1.807, 2.05) is 6.92 Å². The van der Waals surface area contributed by atoms with Gasteiger partial charge in [0.25, 0.3) is 0 Å². The van der Waals surface area contributed by atoms with Crippen LogP contribution in [0, 0.1) is 11.8 Å². The lowest BCUT2D eigenvalue weighted by Crippen LogP contribution is -2.45. The number of piperidine rings is 1. The van der Waals surface area contributed by atoms with Crippen LogP contribution in [0.2, 0.25) is 0 Å². The summed E-state index contributed by atoms with van der Waals surface area (Å²) in [5, 5.41) is 3.50. The van der Waals surface area contributed by atoms with Crippen LogP contribution in [0.4, 0.5) is 0 Å². The van der Waals surface area contributed by atoms with Crippen LogP contribution >= 0.6 is 0 Å². The van der Waals surface area contributed by atoms with Crippen LogP contribution < -0.4 is 5.32 Å². The molecule has 3 rings (SSSR count). The Kier molecular flexibility index (Phi) is 5.96. The van der Waals surface area contributed by atoms with Gasteiger partial charge in [-0.05, 0) is 44.4 Å². The summed E-state index contributed by atoms with van der Waals surface area (Å²) in [4.78, 5) is 19.0. The van der Waals surface area contributed by atoms with Gasteiger partial charge in [0, 0.05) is 19.1 Å². The third-order valence-electron chi connectivity index (χ3n) is 6.11. The Bertz CT molecular complexity index is 428. The van der Waals surface area contributed by atoms with Gasteiger partial charge in [-0.1, -0.05) is 38.5 Å². The van der Waals surface area contributed by atoms with Gasteiger partial charge >= 0.3 is 0 Å². The second-order valence-electron chi connectivity index (χ2n) is 7.81. The van der Waals surface area contributed by atoms with Gasteiger partial charge in [-0.15, -0.1) is 0 Å². The molecule has 1 amide bonds. The Balaban J connectivity index is 1.43. The number of fused-ring (bicyclic) bond motifs is 1. The number of likely N-dealkylation sites (tertiary alicyclic amines) is 1. The topological polar surface area (TPSA) is 44.7 Å². The largest absolute Gasteiger partial charge is 0.371 e. The lowest BCUT2D eigenvalue weighted by Gasteiger charge is -2.41. The zero-order valence-electron chi connectivity index (χ0n) is 14.7. The van der Waals surface area contributed by atoms with Gasteiger partial charge in [0.15, 0.2) is 0 Å². The van der Waals surface area contributed by atoms with Crippen molar-refractivity contribution in [2.45, 2.75) is 77.2 Å². The Morgan fingerprint density at radius 1 is 1.00 bits per heavy atom. The smallest absolute Gasteiger partial charge is 0.244 e. The number of carbonyl (C=O) groups is 1. The first-order valence-corrected chi connectivity index (χ1v) is 9.78. The number of hydrogen-bond acceptors (Lipinski definition) is 2. The summed E-state index contributed by atoms with van der Waals surface area (Å²) in [5.41, 5.74) is 0. The summed E-state index contributed by atoms with van der Waals surface area (Å²) in [6, 6.07) is 0.570. The number of nitrogens with one attached hydrogen (secondary N) is 1. The molecule has 1 aliphatic heterocycles. The van der Waals surface area contributed by atoms with E-state index in [9.17, 15) is 4.79 Å². The highest BCUT2D eigenvalue weighted by molar-refractivity contribution is 5.85. The molecule has 2 aliphatic carbocycles. The minimum absolute atomic E-state index is 0.221. The quantitative estimate of drug-likeness (QED) is 0.640. The molecule has 23 heavy (non-hydrogen) atoms. The van der Waals surface area contributed by atoms with Crippen molar-refractivity contribution in [3.63, 3.8) is 0 Å². The number of nitrogens with zero attached hydrogens (tertiary/aromatic N) is 2. The molecule has 2 unspecified atom stereocenters. The SMILES string of the molecule is CC(=NCC(=O)N1CCC2CCCCC2C1)NC1CCCCC1. The highest BCUT2D eigenvalue weighted by atomic mass is 16.2.